The third-order valence-electron chi connectivity index (χ3n) is 30.1. The highest BCUT2D eigenvalue weighted by Crippen LogP contribution is 2.53. The average Bonchev–Trinajstić information content (AvgIpc) is 1.23. The zero-order valence-corrected chi connectivity index (χ0v) is 81.2. The summed E-state index contributed by atoms with van der Waals surface area (Å²) in [6.07, 6.45) is 34.9. The Morgan fingerprint density at radius 2 is 0.372 bits per heavy atom. The van der Waals surface area contributed by atoms with E-state index >= 15 is 0 Å². The Morgan fingerprint density at radius 1 is 0.142 bits per heavy atom. The molecule has 0 fully saturated rings. The first-order valence-corrected chi connectivity index (χ1v) is 51.1. The van der Waals surface area contributed by atoms with E-state index < -0.39 is 0 Å². The minimum absolute atomic E-state index is 0.165. The van der Waals surface area contributed by atoms with Gasteiger partial charge in [0.1, 0.15) is 24.7 Å². The quantitative estimate of drug-likeness (QED) is 0.0713. The van der Waals surface area contributed by atoms with Crippen LogP contribution < -0.4 is 40.9 Å². The molecule has 4 N–H and O–H groups in total. The van der Waals surface area contributed by atoms with Gasteiger partial charge in [-0.2, -0.15) is 0 Å². The van der Waals surface area contributed by atoms with Crippen molar-refractivity contribution in [2.45, 2.75) is 24.7 Å². The lowest BCUT2D eigenvalue weighted by Crippen LogP contribution is -2.30. The van der Waals surface area contributed by atoms with Crippen LogP contribution in [-0.2, 0) is 0 Å². The Hall–Kier alpha value is -19.3. The monoisotopic (exact) mass is 1890 g/mol. The molecule has 4 atom stereocenters. The predicted molar refractivity (Wildman–Crippen MR) is 629 cm³/mol. The zero-order valence-electron chi connectivity index (χ0n) is 81.2. The number of hydrogen-bond acceptors (Lipinski definition) is 8. The third kappa shape index (κ3) is 16.2. The van der Waals surface area contributed by atoms with Gasteiger partial charge in [0.2, 0.25) is 0 Å². The van der Waals surface area contributed by atoms with Crippen LogP contribution in [0.5, 0.6) is 0 Å². The van der Waals surface area contributed by atoms with Crippen LogP contribution in [-0.4, -0.2) is 24.7 Å². The molecule has 0 aromatic heterocycles. The Labute approximate surface area is 861 Å². The number of allylic oxidation sites excluding steroid dienone is 8. The van der Waals surface area contributed by atoms with Crippen molar-refractivity contribution in [3.63, 3.8) is 0 Å². The fraction of sp³-hybridized carbons (Fsp3) is 0.0286. The summed E-state index contributed by atoms with van der Waals surface area (Å²) >= 11 is 0. The summed E-state index contributed by atoms with van der Waals surface area (Å²) in [5, 5.41) is 29.7. The van der Waals surface area contributed by atoms with Crippen molar-refractivity contribution in [1.29, 1.82) is 0 Å². The molecule has 8 nitrogen and oxygen atoms in total. The van der Waals surface area contributed by atoms with Crippen LogP contribution in [0.15, 0.2) is 559 Å². The Morgan fingerprint density at radius 3 is 0.723 bits per heavy atom. The number of rotatable bonds is 12. The third-order valence-corrected chi connectivity index (χ3v) is 30.1. The highest BCUT2D eigenvalue weighted by Gasteiger charge is 2.33. The molecule has 0 spiro atoms. The normalized spacial score (nSPS) is 15.5. The molecule has 0 saturated heterocycles. The van der Waals surface area contributed by atoms with Gasteiger partial charge in [-0.3, -0.25) is 0 Å². The van der Waals surface area contributed by atoms with Gasteiger partial charge in [0, 0.05) is 24.8 Å². The van der Waals surface area contributed by atoms with Crippen LogP contribution in [0.2, 0.25) is 0 Å². The smallest absolute Gasteiger partial charge is 0.123 e. The standard InChI is InChI=1S/2C37H26N2.C35H26N2.C31H22N2/c1-3-11-25(12-4-1)36-29-15-7-8-16-30(29)37(26-13-5-2-6-14-26)32-23-27(18-20-31(32)36)28-19-21-33-34(24-28)39-22-10-9-17-35(39)38-33;1-2-10-26(11-3-1)36-29-12-4-6-14-31(29)37(32-15-7-5-13-30(32)36)27-19-17-25(18-20-27)28-21-22-33-34(24-28)39-23-9-8-16-35(39)38-33;1-4-12-25(13-5-1)29-22-30(26-14-6-2-7-15-26)35(31(23-29)27-16-8-3-9-17-27)28-19-20-32-33(24-28)37-21-11-10-18-34(37)36-32;1-2-6-21(7-3-1)22-11-14-27-25(18-22)9-10-26-19-23(12-15-28(26)27)24-13-16-29-30(20-24)33-17-5-4-8-31(33)32-29/h2*1-24,35,38H;1-24,34,36H;1-20,31-32H. The minimum atomic E-state index is 0.165. The molecule has 8 heteroatoms. The molecule has 8 aliphatic heterocycles. The molecule has 30 rings (SSSR count). The zero-order chi connectivity index (χ0) is 97.9. The fourth-order valence-corrected chi connectivity index (χ4v) is 23.1. The molecule has 8 heterocycles. The number of nitrogens with one attached hydrogen (secondary N) is 4. The molecule has 700 valence electrons. The molecule has 0 amide bonds. The first-order valence-electron chi connectivity index (χ1n) is 51.1. The molecule has 0 radical (unpaired) electrons. The molecule has 8 aliphatic rings. The van der Waals surface area contributed by atoms with Crippen LogP contribution in [0, 0.1) is 0 Å². The van der Waals surface area contributed by atoms with E-state index in [-0.39, 0.29) is 24.7 Å². The van der Waals surface area contributed by atoms with E-state index in [2.05, 4.69) is 600 Å². The molecule has 0 saturated carbocycles. The molecule has 22 aromatic rings. The van der Waals surface area contributed by atoms with E-state index in [0.717, 1.165) is 5.69 Å². The number of nitrogens with zero attached hydrogens (tertiary/aromatic N) is 4. The molecule has 4 unspecified atom stereocenters. The molecule has 148 heavy (non-hydrogen) atoms. The summed E-state index contributed by atoms with van der Waals surface area (Å²) in [7, 11) is 0. The molecule has 22 aromatic carbocycles. The summed E-state index contributed by atoms with van der Waals surface area (Å²) in [6, 6.07) is 168. The summed E-state index contributed by atoms with van der Waals surface area (Å²) in [5.41, 5.74) is 39.3. The number of anilines is 8. The lowest BCUT2D eigenvalue weighted by atomic mass is 9.84. The Kier molecular flexibility index (Phi) is 22.4. The largest absolute Gasteiger partial charge is 0.360 e. The van der Waals surface area contributed by atoms with Crippen LogP contribution in [0.1, 0.15) is 0 Å². The summed E-state index contributed by atoms with van der Waals surface area (Å²) in [6.45, 7) is 0. The fourth-order valence-electron chi connectivity index (χ4n) is 23.1. The first-order chi connectivity index (χ1) is 73.4. The predicted octanol–water partition coefficient (Wildman–Crippen LogP) is 36.2. The summed E-state index contributed by atoms with van der Waals surface area (Å²) in [5.74, 6) is 0. The Bertz CT molecular complexity index is 9110. The van der Waals surface area contributed by atoms with Crippen molar-refractivity contribution in [1.82, 2.24) is 0 Å². The van der Waals surface area contributed by atoms with Crippen molar-refractivity contribution in [3.8, 4) is 134 Å². The van der Waals surface area contributed by atoms with Crippen molar-refractivity contribution in [2.75, 3.05) is 40.9 Å². The lowest BCUT2D eigenvalue weighted by Gasteiger charge is -2.23. The van der Waals surface area contributed by atoms with Gasteiger partial charge in [-0.25, -0.2) is 0 Å². The number of hydrogen-bond donors (Lipinski definition) is 4. The van der Waals surface area contributed by atoms with E-state index in [1.165, 1.54) is 238 Å². The van der Waals surface area contributed by atoms with Gasteiger partial charge in [-0.15, -0.1) is 0 Å². The lowest BCUT2D eigenvalue weighted by molar-refractivity contribution is 0.908. The van der Waals surface area contributed by atoms with Crippen LogP contribution in [0.4, 0.5) is 45.5 Å². The maximum Gasteiger partial charge on any atom is 0.123 e. The average molecular weight is 1890 g/mol. The topological polar surface area (TPSA) is 61.1 Å². The van der Waals surface area contributed by atoms with Gasteiger partial charge in [0.25, 0.3) is 0 Å². The van der Waals surface area contributed by atoms with E-state index in [4.69, 9.17) is 0 Å². The van der Waals surface area contributed by atoms with Crippen molar-refractivity contribution in [2.24, 2.45) is 0 Å². The van der Waals surface area contributed by atoms with E-state index in [1.807, 2.05) is 0 Å². The number of benzene rings is 22. The molecule has 0 aliphatic carbocycles. The van der Waals surface area contributed by atoms with E-state index in [1.54, 1.807) is 0 Å². The summed E-state index contributed by atoms with van der Waals surface area (Å²) in [4.78, 5) is 9.19. The molecular formula is C140H100N8. The number of fused-ring (bicyclic) bond motifs is 19. The molecule has 0 bridgehead atoms. The first kappa shape index (κ1) is 87.7. The van der Waals surface area contributed by atoms with Crippen molar-refractivity contribution >= 4 is 110 Å². The highest BCUT2D eigenvalue weighted by molar-refractivity contribution is 6.24. The van der Waals surface area contributed by atoms with Gasteiger partial charge < -0.3 is 40.9 Å². The van der Waals surface area contributed by atoms with Crippen molar-refractivity contribution < 1.29 is 0 Å². The van der Waals surface area contributed by atoms with Gasteiger partial charge in [-0.1, -0.05) is 406 Å². The van der Waals surface area contributed by atoms with E-state index in [9.17, 15) is 0 Å². The Balaban J connectivity index is 0.0000000976. The van der Waals surface area contributed by atoms with Crippen LogP contribution >= 0.6 is 0 Å². The van der Waals surface area contributed by atoms with Gasteiger partial charge in [0.05, 0.1) is 45.5 Å². The second kappa shape index (κ2) is 37.9. The molecular weight excluding hydrogens is 1790 g/mol. The second-order valence-electron chi connectivity index (χ2n) is 38.7. The maximum absolute atomic E-state index is 3.63. The maximum atomic E-state index is 3.63. The second-order valence-corrected chi connectivity index (χ2v) is 38.7. The highest BCUT2D eigenvalue weighted by atomic mass is 15.3. The minimum Gasteiger partial charge on any atom is -0.360 e. The van der Waals surface area contributed by atoms with Gasteiger partial charge >= 0.3 is 0 Å². The van der Waals surface area contributed by atoms with Gasteiger partial charge in [-0.05, 0) is 326 Å². The van der Waals surface area contributed by atoms with Crippen LogP contribution in [0.25, 0.3) is 198 Å². The van der Waals surface area contributed by atoms with Gasteiger partial charge in [0.15, 0.2) is 0 Å². The SMILES string of the molecule is C1=CC2Nc3ccc(-c4c(-c5ccccc5)cc(-c5ccccc5)cc4-c4ccccc4)cc3N2C=C1.C1=CC2Nc3ccc(-c4ccc(-c5c6ccccc6c(-c6ccccc6)c6ccccc56)cc4)cc3N2C=C1.C1=CC2Nc3ccc(-c4ccc5c(-c6ccccc6)c6ccccc6c(-c6ccccc6)c5c4)cc3N2C=C1.C1=CC2Nc3ccc(-c4ccc5c(ccc6cc(-c7ccccc7)ccc65)c4)cc3N2C=C1. The van der Waals surface area contributed by atoms with Crippen molar-refractivity contribution in [3.05, 3.63) is 559 Å². The van der Waals surface area contributed by atoms with Crippen LogP contribution in [0.3, 0.4) is 0 Å². The summed E-state index contributed by atoms with van der Waals surface area (Å²) < 4.78 is 0. The van der Waals surface area contributed by atoms with E-state index in [0.29, 0.717) is 0 Å².